The highest BCUT2D eigenvalue weighted by Gasteiger charge is 2.30. The zero-order chi connectivity index (χ0) is 19.6. The molecule has 0 spiro atoms. The maximum atomic E-state index is 13.9. The van der Waals surface area contributed by atoms with E-state index in [1.54, 1.807) is 31.2 Å². The Labute approximate surface area is 167 Å². The number of hydrogen-bond acceptors (Lipinski definition) is 3. The SMILES string of the molecule is Cc1ccc(Br)cc1S(=O)(=O)N1CCCN(C(=O)c2ccccc2F)CC1. The second-order valence-electron chi connectivity index (χ2n) is 6.44. The molecule has 2 aromatic rings. The highest BCUT2D eigenvalue weighted by atomic mass is 79.9. The molecule has 3 rings (SSSR count). The second-order valence-corrected chi connectivity index (χ2v) is 9.26. The quantitative estimate of drug-likeness (QED) is 0.713. The van der Waals surface area contributed by atoms with E-state index in [1.807, 2.05) is 0 Å². The molecule has 1 saturated heterocycles. The molecule has 1 heterocycles. The molecule has 8 heteroatoms. The Morgan fingerprint density at radius 1 is 1.07 bits per heavy atom. The molecule has 144 valence electrons. The van der Waals surface area contributed by atoms with E-state index in [0.29, 0.717) is 29.5 Å². The summed E-state index contributed by atoms with van der Waals surface area (Å²) in [5.41, 5.74) is 0.679. The lowest BCUT2D eigenvalue weighted by Crippen LogP contribution is -2.37. The van der Waals surface area contributed by atoms with Gasteiger partial charge in [0.1, 0.15) is 5.82 Å². The lowest BCUT2D eigenvalue weighted by Gasteiger charge is -2.23. The summed E-state index contributed by atoms with van der Waals surface area (Å²) in [4.78, 5) is 14.4. The molecular weight excluding hydrogens is 435 g/mol. The van der Waals surface area contributed by atoms with E-state index >= 15 is 0 Å². The van der Waals surface area contributed by atoms with Gasteiger partial charge in [0, 0.05) is 30.7 Å². The lowest BCUT2D eigenvalue weighted by atomic mass is 10.2. The van der Waals surface area contributed by atoms with Crippen LogP contribution in [0.5, 0.6) is 0 Å². The normalized spacial score (nSPS) is 16.2. The third-order valence-electron chi connectivity index (χ3n) is 4.61. The lowest BCUT2D eigenvalue weighted by molar-refractivity contribution is 0.0759. The van der Waals surface area contributed by atoms with Gasteiger partial charge in [-0.3, -0.25) is 4.79 Å². The molecule has 0 unspecified atom stereocenters. The first-order valence-corrected chi connectivity index (χ1v) is 10.8. The van der Waals surface area contributed by atoms with E-state index in [1.165, 1.54) is 27.4 Å². The molecule has 0 N–H and O–H groups in total. The van der Waals surface area contributed by atoms with Gasteiger partial charge in [-0.15, -0.1) is 0 Å². The smallest absolute Gasteiger partial charge is 0.256 e. The van der Waals surface area contributed by atoms with Crippen molar-refractivity contribution in [3.05, 3.63) is 63.9 Å². The third-order valence-corrected chi connectivity index (χ3v) is 7.15. The van der Waals surface area contributed by atoms with Crippen LogP contribution in [-0.2, 0) is 10.0 Å². The monoisotopic (exact) mass is 454 g/mol. The van der Waals surface area contributed by atoms with Gasteiger partial charge in [0.2, 0.25) is 10.0 Å². The summed E-state index contributed by atoms with van der Waals surface area (Å²) < 4.78 is 42.1. The summed E-state index contributed by atoms with van der Waals surface area (Å²) in [7, 11) is -3.67. The summed E-state index contributed by atoms with van der Waals surface area (Å²) in [6.07, 6.45) is 0.493. The van der Waals surface area contributed by atoms with Crippen molar-refractivity contribution in [1.82, 2.24) is 9.21 Å². The van der Waals surface area contributed by atoms with Crippen molar-refractivity contribution < 1.29 is 17.6 Å². The Morgan fingerprint density at radius 3 is 2.56 bits per heavy atom. The topological polar surface area (TPSA) is 57.7 Å². The van der Waals surface area contributed by atoms with Crippen LogP contribution in [0.4, 0.5) is 4.39 Å². The van der Waals surface area contributed by atoms with Gasteiger partial charge < -0.3 is 4.90 Å². The molecule has 1 aliphatic rings. The molecule has 0 saturated carbocycles. The number of carbonyl (C=O) groups is 1. The van der Waals surface area contributed by atoms with Crippen LogP contribution in [0.15, 0.2) is 51.8 Å². The van der Waals surface area contributed by atoms with Crippen molar-refractivity contribution >= 4 is 31.9 Å². The Bertz CT molecular complexity index is 965. The number of rotatable bonds is 3. The van der Waals surface area contributed by atoms with Gasteiger partial charge in [0.05, 0.1) is 10.5 Å². The summed E-state index contributed by atoms with van der Waals surface area (Å²) >= 11 is 3.32. The number of benzene rings is 2. The fourth-order valence-corrected chi connectivity index (χ4v) is 5.37. The van der Waals surface area contributed by atoms with Gasteiger partial charge in [0.25, 0.3) is 5.91 Å². The minimum atomic E-state index is -3.67. The highest BCUT2D eigenvalue weighted by Crippen LogP contribution is 2.25. The van der Waals surface area contributed by atoms with E-state index < -0.39 is 21.7 Å². The Hall–Kier alpha value is -1.77. The predicted octanol–water partition coefficient (Wildman–Crippen LogP) is 3.43. The number of nitrogens with zero attached hydrogens (tertiary/aromatic N) is 2. The zero-order valence-corrected chi connectivity index (χ0v) is 17.3. The number of aryl methyl sites for hydroxylation is 1. The summed E-state index contributed by atoms with van der Waals surface area (Å²) in [6, 6.07) is 11.0. The minimum Gasteiger partial charge on any atom is -0.337 e. The maximum absolute atomic E-state index is 13.9. The number of hydrogen-bond donors (Lipinski definition) is 0. The van der Waals surface area contributed by atoms with Crippen molar-refractivity contribution in [2.75, 3.05) is 26.2 Å². The van der Waals surface area contributed by atoms with E-state index in [2.05, 4.69) is 15.9 Å². The number of sulfonamides is 1. The maximum Gasteiger partial charge on any atom is 0.256 e. The van der Waals surface area contributed by atoms with E-state index in [9.17, 15) is 17.6 Å². The largest absolute Gasteiger partial charge is 0.337 e. The van der Waals surface area contributed by atoms with Gasteiger partial charge in [-0.05, 0) is 43.2 Å². The summed E-state index contributed by atoms with van der Waals surface area (Å²) in [5.74, 6) is -0.980. The van der Waals surface area contributed by atoms with E-state index in [4.69, 9.17) is 0 Å². The standard InChI is InChI=1S/C19H20BrFN2O3S/c1-14-7-8-15(20)13-18(14)27(25,26)23-10-4-9-22(11-12-23)19(24)16-5-2-3-6-17(16)21/h2-3,5-8,13H,4,9-12H2,1H3. The van der Waals surface area contributed by atoms with Gasteiger partial charge >= 0.3 is 0 Å². The highest BCUT2D eigenvalue weighted by molar-refractivity contribution is 9.10. The first kappa shape index (κ1) is 20.0. The minimum absolute atomic E-state index is 0.0108. The first-order valence-electron chi connectivity index (χ1n) is 8.61. The van der Waals surface area contributed by atoms with Crippen LogP contribution in [0.2, 0.25) is 0 Å². The van der Waals surface area contributed by atoms with Crippen molar-refractivity contribution in [3.8, 4) is 0 Å². The van der Waals surface area contributed by atoms with E-state index in [0.717, 1.165) is 0 Å². The van der Waals surface area contributed by atoms with Gasteiger partial charge in [-0.2, -0.15) is 4.31 Å². The molecule has 5 nitrogen and oxygen atoms in total. The fraction of sp³-hybridized carbons (Fsp3) is 0.316. The molecule has 2 aromatic carbocycles. The van der Waals surface area contributed by atoms with Gasteiger partial charge in [-0.1, -0.05) is 34.1 Å². The molecular formula is C19H20BrFN2O3S. The van der Waals surface area contributed by atoms with Crippen LogP contribution >= 0.6 is 15.9 Å². The van der Waals surface area contributed by atoms with E-state index in [-0.39, 0.29) is 23.5 Å². The Morgan fingerprint density at radius 2 is 1.81 bits per heavy atom. The van der Waals surface area contributed by atoms with Crippen LogP contribution in [-0.4, -0.2) is 49.7 Å². The van der Waals surface area contributed by atoms with Gasteiger partial charge in [-0.25, -0.2) is 12.8 Å². The Balaban J connectivity index is 1.79. The molecule has 1 fully saturated rings. The molecule has 27 heavy (non-hydrogen) atoms. The first-order chi connectivity index (χ1) is 12.8. The summed E-state index contributed by atoms with van der Waals surface area (Å²) in [5, 5.41) is 0. The molecule has 0 aliphatic carbocycles. The molecule has 0 bridgehead atoms. The van der Waals surface area contributed by atoms with Crippen LogP contribution in [0.25, 0.3) is 0 Å². The third kappa shape index (κ3) is 4.23. The van der Waals surface area contributed by atoms with Crippen LogP contribution < -0.4 is 0 Å². The second kappa shape index (κ2) is 8.08. The van der Waals surface area contributed by atoms with Crippen molar-refractivity contribution in [2.45, 2.75) is 18.2 Å². The number of carbonyl (C=O) groups excluding carboxylic acids is 1. The van der Waals surface area contributed by atoms with Crippen molar-refractivity contribution in [1.29, 1.82) is 0 Å². The average molecular weight is 455 g/mol. The van der Waals surface area contributed by atoms with Crippen molar-refractivity contribution in [2.24, 2.45) is 0 Å². The number of halogens is 2. The fourth-order valence-electron chi connectivity index (χ4n) is 3.13. The van der Waals surface area contributed by atoms with Crippen LogP contribution in [0.3, 0.4) is 0 Å². The zero-order valence-electron chi connectivity index (χ0n) is 14.9. The average Bonchev–Trinajstić information content (AvgIpc) is 2.90. The van der Waals surface area contributed by atoms with Crippen molar-refractivity contribution in [3.63, 3.8) is 0 Å². The Kier molecular flexibility index (Phi) is 5.98. The molecule has 0 aromatic heterocycles. The molecule has 1 amide bonds. The molecule has 0 radical (unpaired) electrons. The van der Waals surface area contributed by atoms with Crippen LogP contribution in [0, 0.1) is 12.7 Å². The number of amides is 1. The molecule has 1 aliphatic heterocycles. The van der Waals surface area contributed by atoms with Crippen LogP contribution in [0.1, 0.15) is 22.3 Å². The molecule has 0 atom stereocenters. The van der Waals surface area contributed by atoms with Gasteiger partial charge in [0.15, 0.2) is 0 Å². The predicted molar refractivity (Wildman–Crippen MR) is 105 cm³/mol. The summed E-state index contributed by atoms with van der Waals surface area (Å²) in [6.45, 7) is 2.85.